The van der Waals surface area contributed by atoms with Crippen molar-refractivity contribution in [1.82, 2.24) is 14.9 Å². The van der Waals surface area contributed by atoms with Crippen LogP contribution in [0.4, 0.5) is 4.79 Å². The van der Waals surface area contributed by atoms with E-state index in [4.69, 9.17) is 9.15 Å². The van der Waals surface area contributed by atoms with Crippen LogP contribution in [0.1, 0.15) is 18.6 Å². The number of nitrogens with one attached hydrogen (secondary N) is 2. The summed E-state index contributed by atoms with van der Waals surface area (Å²) in [6, 6.07) is 9.43. The number of nitrogens with zero attached hydrogens (tertiary/aromatic N) is 1. The highest BCUT2D eigenvalue weighted by atomic mass is 32.2. The molecule has 0 aliphatic carbocycles. The number of urea groups is 1. The van der Waals surface area contributed by atoms with E-state index in [0.29, 0.717) is 44.0 Å². The van der Waals surface area contributed by atoms with Crippen LogP contribution in [0.25, 0.3) is 0 Å². The Balaban J connectivity index is 1.48. The summed E-state index contributed by atoms with van der Waals surface area (Å²) in [6.07, 6.45) is 2.68. The number of hydrogen-bond donors (Lipinski definition) is 2. The molecule has 1 fully saturated rings. The summed E-state index contributed by atoms with van der Waals surface area (Å²) in [4.78, 5) is 14.1. The summed E-state index contributed by atoms with van der Waals surface area (Å²) in [5.41, 5.74) is 0. The number of methoxy groups -OCH3 is 1. The molecule has 146 valence electrons. The quantitative estimate of drug-likeness (QED) is 0.781. The Morgan fingerprint density at radius 3 is 2.52 bits per heavy atom. The van der Waals surface area contributed by atoms with Crippen molar-refractivity contribution in [2.24, 2.45) is 0 Å². The van der Waals surface area contributed by atoms with Gasteiger partial charge in [-0.15, -0.1) is 0 Å². The molecule has 0 radical (unpaired) electrons. The number of rotatable bonds is 6. The average molecular weight is 393 g/mol. The van der Waals surface area contributed by atoms with Crippen molar-refractivity contribution in [3.8, 4) is 5.75 Å². The van der Waals surface area contributed by atoms with Crippen LogP contribution < -0.4 is 14.8 Å². The standard InChI is InChI=1S/C18H23N3O5S/c1-25-15-4-6-17(7-5-15)27(23,24)20-14-8-10-21(11-9-14)18(22)19-13-16-3-2-12-26-16/h2-7,12,14,20H,8-11,13H2,1H3,(H,19,22). The summed E-state index contributed by atoms with van der Waals surface area (Å²) >= 11 is 0. The third-order valence-electron chi connectivity index (χ3n) is 4.47. The van der Waals surface area contributed by atoms with Gasteiger partial charge < -0.3 is 19.4 Å². The van der Waals surface area contributed by atoms with Gasteiger partial charge in [-0.05, 0) is 49.2 Å². The summed E-state index contributed by atoms with van der Waals surface area (Å²) < 4.78 is 37.9. The van der Waals surface area contributed by atoms with E-state index in [2.05, 4.69) is 10.0 Å². The van der Waals surface area contributed by atoms with Crippen molar-refractivity contribution in [2.45, 2.75) is 30.3 Å². The number of amides is 2. The number of likely N-dealkylation sites (tertiary alicyclic amines) is 1. The molecule has 1 aromatic carbocycles. The number of furan rings is 1. The van der Waals surface area contributed by atoms with Gasteiger partial charge in [0.15, 0.2) is 0 Å². The number of benzene rings is 1. The highest BCUT2D eigenvalue weighted by Crippen LogP contribution is 2.18. The first-order valence-corrected chi connectivity index (χ1v) is 10.2. The van der Waals surface area contributed by atoms with Crippen LogP contribution in [0.5, 0.6) is 5.75 Å². The van der Waals surface area contributed by atoms with Gasteiger partial charge in [-0.1, -0.05) is 0 Å². The van der Waals surface area contributed by atoms with Crippen LogP contribution in [0.2, 0.25) is 0 Å². The smallest absolute Gasteiger partial charge is 0.317 e. The van der Waals surface area contributed by atoms with Crippen molar-refractivity contribution in [3.63, 3.8) is 0 Å². The molecule has 2 amide bonds. The van der Waals surface area contributed by atoms with E-state index in [0.717, 1.165) is 0 Å². The van der Waals surface area contributed by atoms with Crippen LogP contribution in [-0.2, 0) is 16.6 Å². The largest absolute Gasteiger partial charge is 0.497 e. The van der Waals surface area contributed by atoms with Crippen LogP contribution in [0.15, 0.2) is 52.0 Å². The van der Waals surface area contributed by atoms with E-state index >= 15 is 0 Å². The van der Waals surface area contributed by atoms with Crippen molar-refractivity contribution in [2.75, 3.05) is 20.2 Å². The number of carbonyl (C=O) groups excluding carboxylic acids is 1. The Bertz CT molecular complexity index is 842. The summed E-state index contributed by atoms with van der Waals surface area (Å²) in [6.45, 7) is 1.30. The second-order valence-corrected chi connectivity index (χ2v) is 8.01. The lowest BCUT2D eigenvalue weighted by Gasteiger charge is -2.32. The molecule has 2 N–H and O–H groups in total. The van der Waals surface area contributed by atoms with Crippen molar-refractivity contribution in [3.05, 3.63) is 48.4 Å². The third kappa shape index (κ3) is 5.01. The molecule has 0 bridgehead atoms. The van der Waals surface area contributed by atoms with Gasteiger partial charge in [-0.3, -0.25) is 0 Å². The molecule has 0 spiro atoms. The molecule has 8 nitrogen and oxygen atoms in total. The SMILES string of the molecule is COc1ccc(S(=O)(=O)NC2CCN(C(=O)NCc3ccco3)CC2)cc1. The van der Waals surface area contributed by atoms with E-state index in [-0.39, 0.29) is 17.0 Å². The molecule has 0 atom stereocenters. The molecule has 1 aliphatic heterocycles. The first kappa shape index (κ1) is 19.2. The predicted octanol–water partition coefficient (Wildman–Crippen LogP) is 1.94. The zero-order valence-corrected chi connectivity index (χ0v) is 15.9. The van der Waals surface area contributed by atoms with Gasteiger partial charge in [0.2, 0.25) is 10.0 Å². The molecule has 9 heteroatoms. The average Bonchev–Trinajstić information content (AvgIpc) is 3.20. The van der Waals surface area contributed by atoms with Crippen molar-refractivity contribution in [1.29, 1.82) is 0 Å². The van der Waals surface area contributed by atoms with Crippen LogP contribution in [0, 0.1) is 0 Å². The molecule has 1 saturated heterocycles. The maximum Gasteiger partial charge on any atom is 0.317 e. The predicted molar refractivity (Wildman–Crippen MR) is 98.9 cm³/mol. The first-order valence-electron chi connectivity index (χ1n) is 8.69. The minimum absolute atomic E-state index is 0.178. The number of ether oxygens (including phenoxy) is 1. The first-order chi connectivity index (χ1) is 13.0. The molecule has 0 saturated carbocycles. The lowest BCUT2D eigenvalue weighted by molar-refractivity contribution is 0.178. The number of sulfonamides is 1. The Morgan fingerprint density at radius 2 is 1.93 bits per heavy atom. The number of hydrogen-bond acceptors (Lipinski definition) is 5. The maximum absolute atomic E-state index is 12.5. The van der Waals surface area contributed by atoms with E-state index in [1.807, 2.05) is 0 Å². The Hall–Kier alpha value is -2.52. The zero-order chi connectivity index (χ0) is 19.3. The van der Waals surface area contributed by atoms with E-state index in [9.17, 15) is 13.2 Å². The lowest BCUT2D eigenvalue weighted by atomic mass is 10.1. The van der Waals surface area contributed by atoms with Crippen LogP contribution in [0.3, 0.4) is 0 Å². The van der Waals surface area contributed by atoms with Crippen molar-refractivity contribution < 1.29 is 22.4 Å². The fraction of sp³-hybridized carbons (Fsp3) is 0.389. The molecular weight excluding hydrogens is 370 g/mol. The molecule has 0 unspecified atom stereocenters. The minimum Gasteiger partial charge on any atom is -0.497 e. The fourth-order valence-corrected chi connectivity index (χ4v) is 4.24. The van der Waals surface area contributed by atoms with Gasteiger partial charge in [-0.2, -0.15) is 0 Å². The van der Waals surface area contributed by atoms with Gasteiger partial charge in [0.1, 0.15) is 11.5 Å². The van der Waals surface area contributed by atoms with Gasteiger partial charge in [0.05, 0.1) is 24.8 Å². The summed E-state index contributed by atoms with van der Waals surface area (Å²) in [5, 5.41) is 2.80. The Kier molecular flexibility index (Phi) is 6.02. The number of piperidine rings is 1. The highest BCUT2D eigenvalue weighted by molar-refractivity contribution is 7.89. The Labute approximate surface area is 158 Å². The molecule has 1 aromatic heterocycles. The van der Waals surface area contributed by atoms with Crippen molar-refractivity contribution >= 4 is 16.1 Å². The van der Waals surface area contributed by atoms with Gasteiger partial charge >= 0.3 is 6.03 Å². The van der Waals surface area contributed by atoms with E-state index < -0.39 is 10.0 Å². The highest BCUT2D eigenvalue weighted by Gasteiger charge is 2.26. The van der Waals surface area contributed by atoms with Crippen LogP contribution >= 0.6 is 0 Å². The van der Waals surface area contributed by atoms with E-state index in [1.54, 1.807) is 35.4 Å². The molecule has 3 rings (SSSR count). The fourth-order valence-electron chi connectivity index (χ4n) is 2.93. The zero-order valence-electron chi connectivity index (χ0n) is 15.1. The molecule has 2 heterocycles. The van der Waals surface area contributed by atoms with Crippen LogP contribution in [-0.4, -0.2) is 45.6 Å². The lowest BCUT2D eigenvalue weighted by Crippen LogP contribution is -2.49. The molecular formula is C18H23N3O5S. The molecule has 27 heavy (non-hydrogen) atoms. The monoisotopic (exact) mass is 393 g/mol. The van der Waals surface area contributed by atoms with E-state index in [1.165, 1.54) is 19.2 Å². The topological polar surface area (TPSA) is 101 Å². The van der Waals surface area contributed by atoms with Gasteiger partial charge in [-0.25, -0.2) is 17.9 Å². The molecule has 2 aromatic rings. The Morgan fingerprint density at radius 1 is 1.22 bits per heavy atom. The second kappa shape index (κ2) is 8.45. The molecule has 1 aliphatic rings. The summed E-state index contributed by atoms with van der Waals surface area (Å²) in [5.74, 6) is 1.29. The minimum atomic E-state index is -3.60. The van der Waals surface area contributed by atoms with Gasteiger partial charge in [0, 0.05) is 19.1 Å². The van der Waals surface area contributed by atoms with Gasteiger partial charge in [0.25, 0.3) is 0 Å². The normalized spacial score (nSPS) is 15.5. The number of carbonyl (C=O) groups is 1. The second-order valence-electron chi connectivity index (χ2n) is 6.30. The maximum atomic E-state index is 12.5. The third-order valence-corrected chi connectivity index (χ3v) is 6.00. The summed E-state index contributed by atoms with van der Waals surface area (Å²) in [7, 11) is -2.07.